The molecule has 0 aliphatic rings. The van der Waals surface area contributed by atoms with E-state index in [4.69, 9.17) is 5.14 Å². The summed E-state index contributed by atoms with van der Waals surface area (Å²) in [5.74, 6) is -0.462. The highest BCUT2D eigenvalue weighted by Crippen LogP contribution is 2.04. The Hall–Kier alpha value is -0.910. The molecule has 0 unspecified atom stereocenters. The number of hydrogen-bond acceptors (Lipinski definition) is 3. The van der Waals surface area contributed by atoms with Gasteiger partial charge in [-0.1, -0.05) is 30.4 Å². The second-order valence-electron chi connectivity index (χ2n) is 3.46. The molecule has 0 aromatic rings. The van der Waals surface area contributed by atoms with Crippen molar-refractivity contribution in [3.63, 3.8) is 0 Å². The van der Waals surface area contributed by atoms with Gasteiger partial charge in [0.1, 0.15) is 0 Å². The molecule has 0 spiro atoms. The van der Waals surface area contributed by atoms with E-state index in [1.165, 1.54) is 0 Å². The summed E-state index contributed by atoms with van der Waals surface area (Å²) in [5.41, 5.74) is 1.42. The highest BCUT2D eigenvalue weighted by molar-refractivity contribution is 7.89. The minimum Gasteiger partial charge on any atom is -0.388 e. The first-order chi connectivity index (χ1) is 6.72. The molecular weight excluding hydrogens is 214 g/mol. The molecule has 15 heavy (non-hydrogen) atoms. The van der Waals surface area contributed by atoms with Crippen molar-refractivity contribution in [2.24, 2.45) is 5.14 Å². The van der Waals surface area contributed by atoms with Crippen molar-refractivity contribution < 1.29 is 13.5 Å². The van der Waals surface area contributed by atoms with Gasteiger partial charge in [-0.15, -0.1) is 0 Å². The van der Waals surface area contributed by atoms with E-state index in [1.807, 2.05) is 6.92 Å². The van der Waals surface area contributed by atoms with Gasteiger partial charge in [0.25, 0.3) is 0 Å². The summed E-state index contributed by atoms with van der Waals surface area (Å²) in [5, 5.41) is 14.2. The van der Waals surface area contributed by atoms with Crippen molar-refractivity contribution in [3.05, 3.63) is 36.0 Å². The zero-order valence-electron chi connectivity index (χ0n) is 8.97. The normalized spacial score (nSPS) is 15.6. The Labute approximate surface area is 90.8 Å². The summed E-state index contributed by atoms with van der Waals surface area (Å²) in [6.07, 6.45) is 4.02. The van der Waals surface area contributed by atoms with Gasteiger partial charge in [0.05, 0.1) is 11.9 Å². The summed E-state index contributed by atoms with van der Waals surface area (Å²) in [7, 11) is -3.64. The summed E-state index contributed by atoms with van der Waals surface area (Å²) >= 11 is 0. The number of aliphatic hydroxyl groups is 1. The van der Waals surface area contributed by atoms with Crippen molar-refractivity contribution >= 4 is 10.0 Å². The van der Waals surface area contributed by atoms with Crippen LogP contribution in [-0.2, 0) is 10.0 Å². The molecule has 0 aromatic heterocycles. The largest absolute Gasteiger partial charge is 0.388 e. The van der Waals surface area contributed by atoms with Crippen LogP contribution < -0.4 is 5.14 Å². The van der Waals surface area contributed by atoms with Crippen LogP contribution >= 0.6 is 0 Å². The Bertz CT molecular complexity index is 379. The molecule has 0 aromatic carbocycles. The Morgan fingerprint density at radius 2 is 2.07 bits per heavy atom. The summed E-state index contributed by atoms with van der Waals surface area (Å²) in [6, 6.07) is 0. The molecule has 0 heterocycles. The average Bonchev–Trinajstić information content (AvgIpc) is 1.99. The van der Waals surface area contributed by atoms with E-state index in [0.29, 0.717) is 5.57 Å². The molecule has 0 rings (SSSR count). The third kappa shape index (κ3) is 8.11. The van der Waals surface area contributed by atoms with Crippen LogP contribution in [0.4, 0.5) is 0 Å². The van der Waals surface area contributed by atoms with Gasteiger partial charge in [0, 0.05) is 0 Å². The molecule has 5 heteroatoms. The van der Waals surface area contributed by atoms with Gasteiger partial charge in [-0.25, -0.2) is 13.6 Å². The first kappa shape index (κ1) is 14.1. The molecule has 0 radical (unpaired) electrons. The second kappa shape index (κ2) is 5.85. The van der Waals surface area contributed by atoms with Crippen molar-refractivity contribution in [2.75, 3.05) is 5.75 Å². The Morgan fingerprint density at radius 3 is 2.47 bits per heavy atom. The molecule has 4 nitrogen and oxygen atoms in total. The maximum Gasteiger partial charge on any atom is 0.211 e. The van der Waals surface area contributed by atoms with E-state index < -0.39 is 21.9 Å². The van der Waals surface area contributed by atoms with Crippen molar-refractivity contribution in [3.8, 4) is 0 Å². The first-order valence-electron chi connectivity index (χ1n) is 4.41. The highest BCUT2D eigenvalue weighted by atomic mass is 32.2. The molecule has 0 aliphatic carbocycles. The molecule has 1 atom stereocenters. The van der Waals surface area contributed by atoms with E-state index >= 15 is 0 Å². The summed E-state index contributed by atoms with van der Waals surface area (Å²) < 4.78 is 21.4. The molecule has 0 amide bonds. The van der Waals surface area contributed by atoms with E-state index in [2.05, 4.69) is 6.58 Å². The molecule has 0 saturated carbocycles. The molecule has 3 N–H and O–H groups in total. The van der Waals surface area contributed by atoms with Crippen molar-refractivity contribution in [1.82, 2.24) is 0 Å². The monoisotopic (exact) mass is 231 g/mol. The third-order valence-corrected chi connectivity index (χ3v) is 2.44. The van der Waals surface area contributed by atoms with E-state index in [1.54, 1.807) is 25.2 Å². The van der Waals surface area contributed by atoms with Crippen LogP contribution in [0.5, 0.6) is 0 Å². The highest BCUT2D eigenvalue weighted by Gasteiger charge is 2.13. The van der Waals surface area contributed by atoms with Gasteiger partial charge in [0.2, 0.25) is 10.0 Å². The molecule has 0 aliphatic heterocycles. The predicted molar refractivity (Wildman–Crippen MR) is 61.7 cm³/mol. The van der Waals surface area contributed by atoms with Crippen LogP contribution in [0.1, 0.15) is 13.8 Å². The topological polar surface area (TPSA) is 80.4 Å². The lowest BCUT2D eigenvalue weighted by atomic mass is 10.1. The number of aliphatic hydroxyl groups excluding tert-OH is 1. The Kier molecular flexibility index (Phi) is 5.49. The maximum absolute atomic E-state index is 10.7. The second-order valence-corrected chi connectivity index (χ2v) is 5.12. The SMILES string of the molecule is C=C(C)/C=C\C=C(/C)[C@@H](O)CS(N)(=O)=O. The zero-order valence-corrected chi connectivity index (χ0v) is 9.79. The van der Waals surface area contributed by atoms with Gasteiger partial charge < -0.3 is 5.11 Å². The fourth-order valence-corrected chi connectivity index (χ4v) is 1.53. The molecule has 0 bridgehead atoms. The number of allylic oxidation sites excluding steroid dienone is 4. The lowest BCUT2D eigenvalue weighted by molar-refractivity contribution is 0.233. The number of rotatable bonds is 5. The minimum atomic E-state index is -3.64. The van der Waals surface area contributed by atoms with Gasteiger partial charge >= 0.3 is 0 Å². The van der Waals surface area contributed by atoms with E-state index in [0.717, 1.165) is 5.57 Å². The molecule has 0 saturated heterocycles. The Balaban J connectivity index is 4.44. The third-order valence-electron chi connectivity index (χ3n) is 1.66. The number of primary sulfonamides is 1. The fourth-order valence-electron chi connectivity index (χ4n) is 0.827. The van der Waals surface area contributed by atoms with Crippen molar-refractivity contribution in [2.45, 2.75) is 20.0 Å². The average molecular weight is 231 g/mol. The number of hydrogen-bond donors (Lipinski definition) is 2. The minimum absolute atomic E-state index is 0.462. The van der Waals surface area contributed by atoms with Crippen molar-refractivity contribution in [1.29, 1.82) is 0 Å². The smallest absolute Gasteiger partial charge is 0.211 e. The van der Waals surface area contributed by atoms with Gasteiger partial charge in [0.15, 0.2) is 0 Å². The standard InChI is InChI=1S/C10H17NO3S/c1-8(2)5-4-6-9(3)10(12)7-15(11,13)14/h4-6,10,12H,1,7H2,2-3H3,(H2,11,13,14)/b5-4-,9-6+/t10-/m0/s1. The number of nitrogens with two attached hydrogens (primary N) is 1. The van der Waals surface area contributed by atoms with Crippen LogP contribution in [0.3, 0.4) is 0 Å². The fraction of sp³-hybridized carbons (Fsp3) is 0.400. The Morgan fingerprint density at radius 1 is 1.53 bits per heavy atom. The summed E-state index contributed by atoms with van der Waals surface area (Å²) in [4.78, 5) is 0. The molecule has 86 valence electrons. The predicted octanol–water partition coefficient (Wildman–Crippen LogP) is 0.714. The lowest BCUT2D eigenvalue weighted by Gasteiger charge is -2.08. The van der Waals surface area contributed by atoms with E-state index in [-0.39, 0.29) is 0 Å². The van der Waals surface area contributed by atoms with Crippen LogP contribution in [0.2, 0.25) is 0 Å². The number of sulfonamides is 1. The van der Waals surface area contributed by atoms with Crippen LogP contribution in [-0.4, -0.2) is 25.4 Å². The van der Waals surface area contributed by atoms with Gasteiger partial charge in [-0.2, -0.15) is 0 Å². The first-order valence-corrected chi connectivity index (χ1v) is 6.13. The maximum atomic E-state index is 10.7. The lowest BCUT2D eigenvalue weighted by Crippen LogP contribution is -2.27. The van der Waals surface area contributed by atoms with Crippen LogP contribution in [0, 0.1) is 0 Å². The zero-order chi connectivity index (χ0) is 12.1. The van der Waals surface area contributed by atoms with Crippen LogP contribution in [0.25, 0.3) is 0 Å². The molecule has 0 fully saturated rings. The van der Waals surface area contributed by atoms with Gasteiger partial charge in [-0.3, -0.25) is 0 Å². The van der Waals surface area contributed by atoms with Gasteiger partial charge in [-0.05, 0) is 19.4 Å². The molecular formula is C10H17NO3S. The quantitative estimate of drug-likeness (QED) is 0.684. The van der Waals surface area contributed by atoms with Crippen LogP contribution in [0.15, 0.2) is 36.0 Å². The van der Waals surface area contributed by atoms with E-state index in [9.17, 15) is 13.5 Å². The summed E-state index contributed by atoms with van der Waals surface area (Å²) in [6.45, 7) is 7.13.